The molecule has 0 radical (unpaired) electrons. The van der Waals surface area contributed by atoms with E-state index in [9.17, 15) is 14.4 Å². The number of nitrogen functional groups attached to an aromatic ring is 1. The van der Waals surface area contributed by atoms with Crippen molar-refractivity contribution in [3.63, 3.8) is 0 Å². The Labute approximate surface area is 135 Å². The number of carbonyl (C=O) groups is 2. The SMILES string of the molecule is Nc1c2c(cc(=O)n1-c1ccccc1-n1cccc1)C(=O)NC2=O. The molecule has 1 aliphatic rings. The number of nitrogens with zero attached hydrogens (tertiary/aromatic N) is 2. The number of hydrogen-bond donors (Lipinski definition) is 2. The number of para-hydroxylation sites is 2. The molecule has 1 aliphatic heterocycles. The van der Waals surface area contributed by atoms with Gasteiger partial charge in [-0.15, -0.1) is 0 Å². The van der Waals surface area contributed by atoms with E-state index < -0.39 is 17.4 Å². The third-order valence-electron chi connectivity index (χ3n) is 3.96. The van der Waals surface area contributed by atoms with Crippen LogP contribution in [0.1, 0.15) is 20.7 Å². The van der Waals surface area contributed by atoms with Crippen LogP contribution in [0, 0.1) is 0 Å². The minimum atomic E-state index is -0.607. The number of nitrogens with one attached hydrogen (secondary N) is 1. The van der Waals surface area contributed by atoms with Crippen LogP contribution in [0.2, 0.25) is 0 Å². The summed E-state index contributed by atoms with van der Waals surface area (Å²) in [6.07, 6.45) is 3.67. The van der Waals surface area contributed by atoms with Crippen LogP contribution < -0.4 is 16.6 Å². The van der Waals surface area contributed by atoms with Crippen LogP contribution in [0.5, 0.6) is 0 Å². The van der Waals surface area contributed by atoms with Crippen LogP contribution in [0.25, 0.3) is 11.4 Å². The fraction of sp³-hybridized carbons (Fsp3) is 0. The van der Waals surface area contributed by atoms with Crippen LogP contribution in [-0.4, -0.2) is 20.9 Å². The van der Waals surface area contributed by atoms with Gasteiger partial charge in [-0.25, -0.2) is 0 Å². The number of amides is 2. The zero-order valence-electron chi connectivity index (χ0n) is 12.4. The number of pyridine rings is 1. The predicted molar refractivity (Wildman–Crippen MR) is 87.6 cm³/mol. The van der Waals surface area contributed by atoms with E-state index in [4.69, 9.17) is 5.73 Å². The van der Waals surface area contributed by atoms with Crippen LogP contribution in [-0.2, 0) is 0 Å². The molecule has 7 nitrogen and oxygen atoms in total. The smallest absolute Gasteiger partial charge is 0.262 e. The van der Waals surface area contributed by atoms with Crippen LogP contribution in [0.15, 0.2) is 59.7 Å². The summed E-state index contributed by atoms with van der Waals surface area (Å²) in [6.45, 7) is 0. The maximum atomic E-state index is 12.6. The lowest BCUT2D eigenvalue weighted by molar-refractivity contribution is 0.0880. The van der Waals surface area contributed by atoms with Gasteiger partial charge in [0.05, 0.1) is 22.5 Å². The number of rotatable bonds is 2. The summed E-state index contributed by atoms with van der Waals surface area (Å²) in [5.41, 5.74) is 6.89. The molecule has 24 heavy (non-hydrogen) atoms. The van der Waals surface area contributed by atoms with Crippen molar-refractivity contribution in [2.45, 2.75) is 0 Å². The van der Waals surface area contributed by atoms with Crippen molar-refractivity contribution >= 4 is 17.6 Å². The summed E-state index contributed by atoms with van der Waals surface area (Å²) in [5.74, 6) is -1.26. The molecule has 4 rings (SSSR count). The van der Waals surface area contributed by atoms with Gasteiger partial charge in [0.25, 0.3) is 17.4 Å². The predicted octanol–water partition coefficient (Wildman–Crippen LogP) is 1.09. The minimum absolute atomic E-state index is 0.0113. The number of imide groups is 1. The van der Waals surface area contributed by atoms with E-state index in [0.717, 1.165) is 11.8 Å². The molecule has 7 heteroatoms. The minimum Gasteiger partial charge on any atom is -0.384 e. The number of benzene rings is 1. The summed E-state index contributed by atoms with van der Waals surface area (Å²) in [7, 11) is 0. The average Bonchev–Trinajstić information content (AvgIpc) is 3.17. The topological polar surface area (TPSA) is 99.1 Å². The van der Waals surface area contributed by atoms with Gasteiger partial charge in [-0.1, -0.05) is 12.1 Å². The van der Waals surface area contributed by atoms with Gasteiger partial charge in [0.1, 0.15) is 5.82 Å². The van der Waals surface area contributed by atoms with Gasteiger partial charge in [0.2, 0.25) is 0 Å². The Hall–Kier alpha value is -3.61. The van der Waals surface area contributed by atoms with Gasteiger partial charge in [-0.2, -0.15) is 0 Å². The molecule has 0 saturated heterocycles. The normalized spacial score (nSPS) is 13.0. The highest BCUT2D eigenvalue weighted by Gasteiger charge is 2.32. The zero-order valence-corrected chi connectivity index (χ0v) is 12.4. The van der Waals surface area contributed by atoms with Gasteiger partial charge in [0.15, 0.2) is 0 Å². The van der Waals surface area contributed by atoms with Crippen LogP contribution >= 0.6 is 0 Å². The Bertz CT molecular complexity index is 1050. The zero-order chi connectivity index (χ0) is 16.8. The highest BCUT2D eigenvalue weighted by Crippen LogP contribution is 2.25. The molecule has 2 amide bonds. The molecule has 3 aromatic rings. The molecule has 3 N–H and O–H groups in total. The Morgan fingerprint density at radius 3 is 2.25 bits per heavy atom. The highest BCUT2D eigenvalue weighted by molar-refractivity contribution is 6.23. The van der Waals surface area contributed by atoms with E-state index in [2.05, 4.69) is 5.32 Å². The standard InChI is InChI=1S/C17H12N4O3/c18-15-14-10(16(23)19-17(14)24)9-13(22)21(15)12-6-2-1-5-11(12)20-7-3-4-8-20/h1-9H,18H2,(H,19,23,24). The van der Waals surface area contributed by atoms with Crippen molar-refractivity contribution in [3.05, 3.63) is 76.3 Å². The van der Waals surface area contributed by atoms with E-state index in [-0.39, 0.29) is 16.9 Å². The summed E-state index contributed by atoms with van der Waals surface area (Å²) in [6, 6.07) is 12.0. The van der Waals surface area contributed by atoms with E-state index in [1.807, 2.05) is 41.2 Å². The van der Waals surface area contributed by atoms with Crippen molar-refractivity contribution in [3.8, 4) is 11.4 Å². The molecule has 0 bridgehead atoms. The Kier molecular flexibility index (Phi) is 2.89. The molecular formula is C17H12N4O3. The van der Waals surface area contributed by atoms with E-state index in [0.29, 0.717) is 5.69 Å². The monoisotopic (exact) mass is 320 g/mol. The fourth-order valence-electron chi connectivity index (χ4n) is 2.89. The van der Waals surface area contributed by atoms with Gasteiger partial charge < -0.3 is 10.3 Å². The molecule has 3 heterocycles. The molecule has 0 aliphatic carbocycles. The van der Waals surface area contributed by atoms with Crippen LogP contribution in [0.3, 0.4) is 0 Å². The first kappa shape index (κ1) is 14.0. The quantitative estimate of drug-likeness (QED) is 0.691. The molecule has 2 aromatic heterocycles. The molecule has 0 saturated carbocycles. The molecule has 0 atom stereocenters. The highest BCUT2D eigenvalue weighted by atomic mass is 16.2. The van der Waals surface area contributed by atoms with Gasteiger partial charge in [0, 0.05) is 18.5 Å². The molecule has 0 fully saturated rings. The Morgan fingerprint density at radius 2 is 1.54 bits per heavy atom. The number of nitrogens with two attached hydrogens (primary N) is 1. The third kappa shape index (κ3) is 1.88. The van der Waals surface area contributed by atoms with Crippen LogP contribution in [0.4, 0.5) is 5.82 Å². The van der Waals surface area contributed by atoms with E-state index in [1.54, 1.807) is 12.1 Å². The first-order chi connectivity index (χ1) is 11.6. The second-order valence-electron chi connectivity index (χ2n) is 5.35. The summed E-state index contributed by atoms with van der Waals surface area (Å²) < 4.78 is 3.08. The molecule has 0 spiro atoms. The first-order valence-electron chi connectivity index (χ1n) is 7.22. The summed E-state index contributed by atoms with van der Waals surface area (Å²) >= 11 is 0. The summed E-state index contributed by atoms with van der Waals surface area (Å²) in [4.78, 5) is 36.3. The number of carbonyl (C=O) groups excluding carboxylic acids is 2. The summed E-state index contributed by atoms with van der Waals surface area (Å²) in [5, 5.41) is 2.16. The lowest BCUT2D eigenvalue weighted by atomic mass is 10.1. The number of hydrogen-bond acceptors (Lipinski definition) is 4. The van der Waals surface area contributed by atoms with Crippen molar-refractivity contribution in [2.24, 2.45) is 0 Å². The molecule has 118 valence electrons. The molecule has 1 aromatic carbocycles. The maximum Gasteiger partial charge on any atom is 0.262 e. The second-order valence-corrected chi connectivity index (χ2v) is 5.35. The second kappa shape index (κ2) is 4.95. The van der Waals surface area contributed by atoms with Gasteiger partial charge in [-0.05, 0) is 24.3 Å². The largest absolute Gasteiger partial charge is 0.384 e. The molecule has 0 unspecified atom stereocenters. The Morgan fingerprint density at radius 1 is 0.875 bits per heavy atom. The maximum absolute atomic E-state index is 12.6. The van der Waals surface area contributed by atoms with Gasteiger partial charge in [-0.3, -0.25) is 24.3 Å². The Balaban J connectivity index is 2.04. The molecular weight excluding hydrogens is 308 g/mol. The van der Waals surface area contributed by atoms with Crippen molar-refractivity contribution in [2.75, 3.05) is 5.73 Å². The van der Waals surface area contributed by atoms with Crippen molar-refractivity contribution in [1.82, 2.24) is 14.5 Å². The number of fused-ring (bicyclic) bond motifs is 1. The van der Waals surface area contributed by atoms with E-state index >= 15 is 0 Å². The lowest BCUT2D eigenvalue weighted by Crippen LogP contribution is -2.25. The van der Waals surface area contributed by atoms with Gasteiger partial charge >= 0.3 is 0 Å². The average molecular weight is 320 g/mol. The van der Waals surface area contributed by atoms with Crippen molar-refractivity contribution < 1.29 is 9.59 Å². The number of anilines is 1. The lowest BCUT2D eigenvalue weighted by Gasteiger charge is -2.16. The fourth-order valence-corrected chi connectivity index (χ4v) is 2.89. The first-order valence-corrected chi connectivity index (χ1v) is 7.22. The van der Waals surface area contributed by atoms with Crippen molar-refractivity contribution in [1.29, 1.82) is 0 Å². The van der Waals surface area contributed by atoms with E-state index in [1.165, 1.54) is 4.57 Å². The third-order valence-corrected chi connectivity index (χ3v) is 3.96. The number of aromatic nitrogens is 2.